The van der Waals surface area contributed by atoms with Crippen LogP contribution in [0.4, 0.5) is 10.5 Å². The molecule has 0 bridgehead atoms. The molecule has 1 aromatic rings. The third-order valence-corrected chi connectivity index (χ3v) is 3.99. The average Bonchev–Trinajstić information content (AvgIpc) is 2.33. The largest absolute Gasteiger partial charge is 0.381 e. The van der Waals surface area contributed by atoms with E-state index in [0.717, 1.165) is 23.0 Å². The molecule has 6 heteroatoms. The Morgan fingerprint density at radius 3 is 2.67 bits per heavy atom. The van der Waals surface area contributed by atoms with Gasteiger partial charge in [-0.3, -0.25) is 0 Å². The zero-order chi connectivity index (χ0) is 13.1. The number of rotatable bonds is 2. The molecule has 18 heavy (non-hydrogen) atoms. The summed E-state index contributed by atoms with van der Waals surface area (Å²) in [5.41, 5.74) is 6.28. The average molecular weight is 333 g/mol. The normalized spacial score (nSPS) is 16.7. The maximum atomic E-state index is 11.0. The number of anilines is 1. The molecule has 0 aliphatic carbocycles. The Morgan fingerprint density at radius 2 is 2.11 bits per heavy atom. The maximum Gasteiger partial charge on any atom is 0.314 e. The first-order valence-corrected chi connectivity index (χ1v) is 6.99. The Bertz CT molecular complexity index is 447. The fourth-order valence-corrected chi connectivity index (χ4v) is 2.87. The number of primary amides is 1. The number of nitrogens with two attached hydrogens (primary N) is 1. The molecule has 1 heterocycles. The molecule has 2 rings (SSSR count). The zero-order valence-electron chi connectivity index (χ0n) is 9.83. The number of carbonyl (C=O) groups excluding carboxylic acids is 1. The van der Waals surface area contributed by atoms with Crippen molar-refractivity contribution in [2.45, 2.75) is 18.9 Å². The predicted octanol–water partition coefficient (Wildman–Crippen LogP) is 3.06. The van der Waals surface area contributed by atoms with Crippen LogP contribution in [0.3, 0.4) is 0 Å². The maximum absolute atomic E-state index is 11.0. The highest BCUT2D eigenvalue weighted by Crippen LogP contribution is 2.27. The van der Waals surface area contributed by atoms with Crippen LogP contribution in [0.15, 0.2) is 22.7 Å². The number of carbonyl (C=O) groups is 1. The summed E-state index contributed by atoms with van der Waals surface area (Å²) >= 11 is 9.38. The van der Waals surface area contributed by atoms with E-state index in [-0.39, 0.29) is 6.03 Å². The quantitative estimate of drug-likeness (QED) is 0.874. The number of urea groups is 1. The molecule has 0 aromatic heterocycles. The van der Waals surface area contributed by atoms with E-state index in [4.69, 9.17) is 17.3 Å². The Balaban J connectivity index is 1.93. The van der Waals surface area contributed by atoms with Gasteiger partial charge in [-0.15, -0.1) is 0 Å². The van der Waals surface area contributed by atoms with Crippen LogP contribution in [-0.4, -0.2) is 30.1 Å². The van der Waals surface area contributed by atoms with Gasteiger partial charge in [0, 0.05) is 34.3 Å². The summed E-state index contributed by atoms with van der Waals surface area (Å²) in [7, 11) is 0. The number of piperidine rings is 1. The van der Waals surface area contributed by atoms with Gasteiger partial charge in [-0.2, -0.15) is 0 Å². The van der Waals surface area contributed by atoms with Gasteiger partial charge in [-0.1, -0.05) is 11.6 Å². The lowest BCUT2D eigenvalue weighted by molar-refractivity contribution is 0.193. The van der Waals surface area contributed by atoms with E-state index >= 15 is 0 Å². The van der Waals surface area contributed by atoms with E-state index in [0.29, 0.717) is 24.2 Å². The Labute approximate surface area is 120 Å². The van der Waals surface area contributed by atoms with Gasteiger partial charge in [0.05, 0.1) is 0 Å². The van der Waals surface area contributed by atoms with E-state index in [9.17, 15) is 4.79 Å². The fraction of sp³-hybridized carbons (Fsp3) is 0.417. The smallest absolute Gasteiger partial charge is 0.314 e. The molecule has 1 fully saturated rings. The minimum absolute atomic E-state index is 0.332. The van der Waals surface area contributed by atoms with Crippen molar-refractivity contribution in [2.24, 2.45) is 5.73 Å². The van der Waals surface area contributed by atoms with E-state index in [1.54, 1.807) is 4.90 Å². The van der Waals surface area contributed by atoms with Gasteiger partial charge < -0.3 is 16.0 Å². The predicted molar refractivity (Wildman–Crippen MR) is 77.0 cm³/mol. The number of nitrogens with one attached hydrogen (secondary N) is 1. The molecule has 0 saturated carbocycles. The number of hydrogen-bond acceptors (Lipinski definition) is 2. The standard InChI is InChI=1S/C12H15BrClN3O/c13-10-7-8(14)1-2-11(10)16-9-3-5-17(6-4-9)12(15)18/h1-2,7,9,16H,3-6H2,(H2,15,18). The molecular weight excluding hydrogens is 318 g/mol. The first kappa shape index (κ1) is 13.5. The van der Waals surface area contributed by atoms with Crippen LogP contribution in [-0.2, 0) is 0 Å². The highest BCUT2D eigenvalue weighted by Gasteiger charge is 2.21. The number of hydrogen-bond donors (Lipinski definition) is 2. The number of nitrogens with zero attached hydrogens (tertiary/aromatic N) is 1. The Hall–Kier alpha value is -0.940. The minimum atomic E-state index is -0.332. The Morgan fingerprint density at radius 1 is 1.44 bits per heavy atom. The first-order valence-electron chi connectivity index (χ1n) is 5.82. The number of halogens is 2. The van der Waals surface area contributed by atoms with Gasteiger partial charge in [-0.25, -0.2) is 4.79 Å². The van der Waals surface area contributed by atoms with Crippen molar-refractivity contribution in [1.29, 1.82) is 0 Å². The van der Waals surface area contributed by atoms with Crippen LogP contribution in [0.1, 0.15) is 12.8 Å². The lowest BCUT2D eigenvalue weighted by atomic mass is 10.0. The van der Waals surface area contributed by atoms with Crippen molar-refractivity contribution in [3.8, 4) is 0 Å². The lowest BCUT2D eigenvalue weighted by Crippen LogP contribution is -2.44. The third-order valence-electron chi connectivity index (χ3n) is 3.10. The van der Waals surface area contributed by atoms with Crippen molar-refractivity contribution >= 4 is 39.2 Å². The van der Waals surface area contributed by atoms with Gasteiger partial charge in [0.1, 0.15) is 0 Å². The third kappa shape index (κ3) is 3.29. The van der Waals surface area contributed by atoms with Crippen molar-refractivity contribution in [3.05, 3.63) is 27.7 Å². The molecule has 4 nitrogen and oxygen atoms in total. The summed E-state index contributed by atoms with van der Waals surface area (Å²) in [4.78, 5) is 12.7. The molecule has 1 aliphatic rings. The molecule has 0 radical (unpaired) electrons. The van der Waals surface area contributed by atoms with Crippen molar-refractivity contribution < 1.29 is 4.79 Å². The summed E-state index contributed by atoms with van der Waals surface area (Å²) in [5.74, 6) is 0. The van der Waals surface area contributed by atoms with E-state index < -0.39 is 0 Å². The van der Waals surface area contributed by atoms with Crippen molar-refractivity contribution in [1.82, 2.24) is 4.90 Å². The van der Waals surface area contributed by atoms with Gasteiger partial charge in [0.15, 0.2) is 0 Å². The van der Waals surface area contributed by atoms with Gasteiger partial charge >= 0.3 is 6.03 Å². The summed E-state index contributed by atoms with van der Waals surface area (Å²) in [6.07, 6.45) is 1.80. The molecule has 2 amide bonds. The zero-order valence-corrected chi connectivity index (χ0v) is 12.2. The SMILES string of the molecule is NC(=O)N1CCC(Nc2ccc(Cl)cc2Br)CC1. The monoisotopic (exact) mass is 331 g/mol. The second-order valence-electron chi connectivity index (χ2n) is 4.37. The molecule has 3 N–H and O–H groups in total. The summed E-state index contributed by atoms with van der Waals surface area (Å²) in [6.45, 7) is 1.41. The molecular formula is C12H15BrClN3O. The number of likely N-dealkylation sites (tertiary alicyclic amines) is 1. The van der Waals surface area contributed by atoms with E-state index in [1.807, 2.05) is 18.2 Å². The second kappa shape index (κ2) is 5.80. The van der Waals surface area contributed by atoms with Crippen LogP contribution < -0.4 is 11.1 Å². The first-order chi connectivity index (χ1) is 8.56. The minimum Gasteiger partial charge on any atom is -0.381 e. The summed E-state index contributed by atoms with van der Waals surface area (Å²) in [6, 6.07) is 5.70. The van der Waals surface area contributed by atoms with E-state index in [2.05, 4.69) is 21.2 Å². The highest BCUT2D eigenvalue weighted by molar-refractivity contribution is 9.10. The van der Waals surface area contributed by atoms with Crippen LogP contribution in [0, 0.1) is 0 Å². The van der Waals surface area contributed by atoms with Gasteiger partial charge in [0.25, 0.3) is 0 Å². The number of benzene rings is 1. The fourth-order valence-electron chi connectivity index (χ4n) is 2.07. The molecule has 1 aromatic carbocycles. The molecule has 0 atom stereocenters. The van der Waals surface area contributed by atoms with Crippen molar-refractivity contribution in [2.75, 3.05) is 18.4 Å². The molecule has 1 saturated heterocycles. The Kier molecular flexibility index (Phi) is 4.35. The molecule has 0 unspecified atom stereocenters. The van der Waals surface area contributed by atoms with Crippen molar-refractivity contribution in [3.63, 3.8) is 0 Å². The topological polar surface area (TPSA) is 58.4 Å². The summed E-state index contributed by atoms with van der Waals surface area (Å²) < 4.78 is 0.951. The van der Waals surface area contributed by atoms with Crippen LogP contribution >= 0.6 is 27.5 Å². The van der Waals surface area contributed by atoms with Crippen LogP contribution in [0.25, 0.3) is 0 Å². The van der Waals surface area contributed by atoms with E-state index in [1.165, 1.54) is 0 Å². The molecule has 98 valence electrons. The van der Waals surface area contributed by atoms with Gasteiger partial charge in [-0.05, 0) is 47.0 Å². The summed E-state index contributed by atoms with van der Waals surface area (Å²) in [5, 5.41) is 4.16. The lowest BCUT2D eigenvalue weighted by Gasteiger charge is -2.32. The molecule has 0 spiro atoms. The van der Waals surface area contributed by atoms with Crippen LogP contribution in [0.2, 0.25) is 5.02 Å². The van der Waals surface area contributed by atoms with Crippen LogP contribution in [0.5, 0.6) is 0 Å². The highest BCUT2D eigenvalue weighted by atomic mass is 79.9. The van der Waals surface area contributed by atoms with Gasteiger partial charge in [0.2, 0.25) is 0 Å². The molecule has 1 aliphatic heterocycles. The number of amides is 2. The second-order valence-corrected chi connectivity index (χ2v) is 5.66.